The van der Waals surface area contributed by atoms with Gasteiger partial charge in [0.05, 0.1) is 0 Å². The Labute approximate surface area is 143 Å². The molecule has 3 amide bonds. The fourth-order valence-electron chi connectivity index (χ4n) is 2.75. The summed E-state index contributed by atoms with van der Waals surface area (Å²) >= 11 is 0. The van der Waals surface area contributed by atoms with Gasteiger partial charge in [0, 0.05) is 30.4 Å². The number of urea groups is 1. The average Bonchev–Trinajstić information content (AvgIpc) is 3.04. The van der Waals surface area contributed by atoms with Gasteiger partial charge < -0.3 is 15.5 Å². The van der Waals surface area contributed by atoms with Gasteiger partial charge in [-0.1, -0.05) is 6.07 Å². The first-order chi connectivity index (χ1) is 12.0. The summed E-state index contributed by atoms with van der Waals surface area (Å²) < 4.78 is 26.1. The molecule has 0 saturated carbocycles. The Balaban J connectivity index is 1.53. The minimum Gasteiger partial charge on any atom is -0.337 e. The molecule has 1 saturated heterocycles. The second kappa shape index (κ2) is 7.29. The topological polar surface area (TPSA) is 61.4 Å². The maximum atomic E-state index is 13.2. The van der Waals surface area contributed by atoms with E-state index in [9.17, 15) is 18.4 Å². The second-order valence-electron chi connectivity index (χ2n) is 5.85. The van der Waals surface area contributed by atoms with Crippen LogP contribution in [0.25, 0.3) is 0 Å². The standard InChI is InChI=1S/C18H17F2N3O2/c19-13-4-6-15(7-5-13)21-18(25)22-16-8-9-23(11-16)17(24)12-2-1-3-14(20)10-12/h1-7,10,16H,8-9,11H2,(H2,21,22,25). The molecule has 2 aromatic carbocycles. The molecule has 1 atom stereocenters. The van der Waals surface area contributed by atoms with Crippen molar-refractivity contribution in [2.45, 2.75) is 12.5 Å². The first-order valence-electron chi connectivity index (χ1n) is 7.89. The highest BCUT2D eigenvalue weighted by molar-refractivity contribution is 5.94. The molecule has 2 aromatic rings. The van der Waals surface area contributed by atoms with E-state index in [1.165, 1.54) is 42.5 Å². The zero-order valence-corrected chi connectivity index (χ0v) is 13.3. The zero-order chi connectivity index (χ0) is 17.8. The summed E-state index contributed by atoms with van der Waals surface area (Å²) in [5, 5.41) is 5.39. The Hall–Kier alpha value is -2.96. The highest BCUT2D eigenvalue weighted by Gasteiger charge is 2.28. The molecule has 1 aliphatic heterocycles. The van der Waals surface area contributed by atoms with Crippen LogP contribution in [0.3, 0.4) is 0 Å². The summed E-state index contributed by atoms with van der Waals surface area (Å²) in [5.74, 6) is -1.10. The Morgan fingerprint density at radius 1 is 1.04 bits per heavy atom. The lowest BCUT2D eigenvalue weighted by Gasteiger charge is -2.17. The third kappa shape index (κ3) is 4.32. The van der Waals surface area contributed by atoms with E-state index in [0.717, 1.165) is 0 Å². The normalized spacial score (nSPS) is 16.6. The number of likely N-dealkylation sites (tertiary alicyclic amines) is 1. The molecule has 1 fully saturated rings. The summed E-state index contributed by atoms with van der Waals surface area (Å²) in [5.41, 5.74) is 0.765. The quantitative estimate of drug-likeness (QED) is 0.898. The van der Waals surface area contributed by atoms with Crippen LogP contribution in [0, 0.1) is 11.6 Å². The van der Waals surface area contributed by atoms with Crippen molar-refractivity contribution in [2.24, 2.45) is 0 Å². The molecule has 0 radical (unpaired) electrons. The molecule has 25 heavy (non-hydrogen) atoms. The van der Waals surface area contributed by atoms with Gasteiger partial charge in [-0.2, -0.15) is 0 Å². The summed E-state index contributed by atoms with van der Waals surface area (Å²) in [6.07, 6.45) is 0.609. The van der Waals surface area contributed by atoms with Gasteiger partial charge in [-0.25, -0.2) is 13.6 Å². The number of carbonyl (C=O) groups excluding carboxylic acids is 2. The van der Waals surface area contributed by atoms with E-state index < -0.39 is 11.8 Å². The molecule has 5 nitrogen and oxygen atoms in total. The number of benzene rings is 2. The molecule has 2 N–H and O–H groups in total. The molecule has 130 valence electrons. The Morgan fingerprint density at radius 2 is 1.80 bits per heavy atom. The molecular formula is C18H17F2N3O2. The van der Waals surface area contributed by atoms with E-state index in [1.54, 1.807) is 11.0 Å². The van der Waals surface area contributed by atoms with Gasteiger partial charge in [0.15, 0.2) is 0 Å². The highest BCUT2D eigenvalue weighted by Crippen LogP contribution is 2.15. The maximum absolute atomic E-state index is 13.2. The van der Waals surface area contributed by atoms with Crippen molar-refractivity contribution >= 4 is 17.6 Å². The lowest BCUT2D eigenvalue weighted by Crippen LogP contribution is -2.40. The van der Waals surface area contributed by atoms with Crippen molar-refractivity contribution in [3.8, 4) is 0 Å². The van der Waals surface area contributed by atoms with E-state index >= 15 is 0 Å². The molecule has 3 rings (SSSR count). The van der Waals surface area contributed by atoms with Crippen LogP contribution in [0.15, 0.2) is 48.5 Å². The van der Waals surface area contributed by atoms with Crippen LogP contribution in [-0.2, 0) is 0 Å². The van der Waals surface area contributed by atoms with E-state index in [0.29, 0.717) is 25.2 Å². The lowest BCUT2D eigenvalue weighted by atomic mass is 10.2. The van der Waals surface area contributed by atoms with Crippen molar-refractivity contribution in [3.63, 3.8) is 0 Å². The van der Waals surface area contributed by atoms with Crippen LogP contribution >= 0.6 is 0 Å². The molecule has 1 unspecified atom stereocenters. The van der Waals surface area contributed by atoms with Gasteiger partial charge in [-0.15, -0.1) is 0 Å². The molecule has 1 aliphatic rings. The van der Waals surface area contributed by atoms with Crippen molar-refractivity contribution in [1.82, 2.24) is 10.2 Å². The van der Waals surface area contributed by atoms with Crippen LogP contribution < -0.4 is 10.6 Å². The van der Waals surface area contributed by atoms with Crippen LogP contribution in [0.4, 0.5) is 19.3 Å². The zero-order valence-electron chi connectivity index (χ0n) is 13.3. The number of anilines is 1. The van der Waals surface area contributed by atoms with Crippen molar-refractivity contribution in [3.05, 3.63) is 65.7 Å². The third-order valence-corrected chi connectivity index (χ3v) is 3.98. The summed E-state index contributed by atoms with van der Waals surface area (Å²) in [7, 11) is 0. The minimum absolute atomic E-state index is 0.196. The fourth-order valence-corrected chi connectivity index (χ4v) is 2.75. The lowest BCUT2D eigenvalue weighted by molar-refractivity contribution is 0.0789. The number of amides is 3. The number of hydrogen-bond acceptors (Lipinski definition) is 2. The minimum atomic E-state index is -0.460. The molecule has 1 heterocycles. The molecule has 7 heteroatoms. The van der Waals surface area contributed by atoms with Crippen LogP contribution in [-0.4, -0.2) is 36.0 Å². The predicted octanol–water partition coefficient (Wildman–Crippen LogP) is 3.00. The number of nitrogens with one attached hydrogen (secondary N) is 2. The summed E-state index contributed by atoms with van der Waals surface area (Å²) in [4.78, 5) is 25.9. The number of hydrogen-bond donors (Lipinski definition) is 2. The van der Waals surface area contributed by atoms with Crippen molar-refractivity contribution in [1.29, 1.82) is 0 Å². The number of rotatable bonds is 3. The van der Waals surface area contributed by atoms with Gasteiger partial charge in [-0.3, -0.25) is 4.79 Å². The van der Waals surface area contributed by atoms with Gasteiger partial charge in [0.1, 0.15) is 11.6 Å². The van der Waals surface area contributed by atoms with E-state index in [4.69, 9.17) is 0 Å². The number of nitrogens with zero attached hydrogens (tertiary/aromatic N) is 1. The largest absolute Gasteiger partial charge is 0.337 e. The van der Waals surface area contributed by atoms with Gasteiger partial charge >= 0.3 is 6.03 Å². The SMILES string of the molecule is O=C(Nc1ccc(F)cc1)NC1CCN(C(=O)c2cccc(F)c2)C1. The summed E-state index contributed by atoms with van der Waals surface area (Å²) in [6.45, 7) is 0.836. The Bertz CT molecular complexity index is 780. The molecule has 0 aliphatic carbocycles. The van der Waals surface area contributed by atoms with Crippen LogP contribution in [0.2, 0.25) is 0 Å². The first kappa shape index (κ1) is 16.9. The Morgan fingerprint density at radius 3 is 2.52 bits per heavy atom. The smallest absolute Gasteiger partial charge is 0.319 e. The summed E-state index contributed by atoms with van der Waals surface area (Å²) in [6, 6.07) is 10.4. The Kier molecular flexibility index (Phi) is 4.92. The number of carbonyl (C=O) groups is 2. The van der Waals surface area contributed by atoms with E-state index in [1.807, 2.05) is 0 Å². The predicted molar refractivity (Wildman–Crippen MR) is 89.3 cm³/mol. The maximum Gasteiger partial charge on any atom is 0.319 e. The van der Waals surface area contributed by atoms with Gasteiger partial charge in [0.2, 0.25) is 0 Å². The average molecular weight is 345 g/mol. The fraction of sp³-hybridized carbons (Fsp3) is 0.222. The van der Waals surface area contributed by atoms with Crippen molar-refractivity contribution < 1.29 is 18.4 Å². The number of halogens is 2. The second-order valence-corrected chi connectivity index (χ2v) is 5.85. The van der Waals surface area contributed by atoms with Crippen molar-refractivity contribution in [2.75, 3.05) is 18.4 Å². The van der Waals surface area contributed by atoms with E-state index in [2.05, 4.69) is 10.6 Å². The van der Waals surface area contributed by atoms with E-state index in [-0.39, 0.29) is 23.3 Å². The molecular weight excluding hydrogens is 328 g/mol. The third-order valence-electron chi connectivity index (χ3n) is 3.98. The molecule has 0 bridgehead atoms. The van der Waals surface area contributed by atoms with Gasteiger partial charge in [0.25, 0.3) is 5.91 Å². The molecule has 0 aromatic heterocycles. The van der Waals surface area contributed by atoms with Gasteiger partial charge in [-0.05, 0) is 48.9 Å². The first-order valence-corrected chi connectivity index (χ1v) is 7.89. The highest BCUT2D eigenvalue weighted by atomic mass is 19.1. The monoisotopic (exact) mass is 345 g/mol. The molecule has 0 spiro atoms. The van der Waals surface area contributed by atoms with Crippen LogP contribution in [0.1, 0.15) is 16.8 Å². The van der Waals surface area contributed by atoms with Crippen LogP contribution in [0.5, 0.6) is 0 Å².